The Morgan fingerprint density at radius 3 is 2.52 bits per heavy atom. The number of amides is 1. The highest BCUT2D eigenvalue weighted by Gasteiger charge is 2.23. The standard InChI is InChI=1S/C17H18ClFN2O3S/c1-11-7-8-13(9-12(11)2)25(23,24)21(3)10-16(22)20-15-6-4-5-14(18)17(15)19/h4-9H,10H2,1-3H3,(H,20,22). The number of halogens is 2. The van der Waals surface area contributed by atoms with Crippen LogP contribution >= 0.6 is 11.6 Å². The van der Waals surface area contributed by atoms with Crippen LogP contribution in [0, 0.1) is 19.7 Å². The summed E-state index contributed by atoms with van der Waals surface area (Å²) in [6, 6.07) is 8.92. The lowest BCUT2D eigenvalue weighted by Gasteiger charge is -2.18. The van der Waals surface area contributed by atoms with Gasteiger partial charge in [0.1, 0.15) is 0 Å². The van der Waals surface area contributed by atoms with Crippen LogP contribution in [0.1, 0.15) is 11.1 Å². The van der Waals surface area contributed by atoms with Crippen LogP contribution in [0.4, 0.5) is 10.1 Å². The molecule has 0 aliphatic rings. The number of rotatable bonds is 5. The molecule has 1 N–H and O–H groups in total. The Balaban J connectivity index is 2.14. The number of sulfonamides is 1. The minimum atomic E-state index is -3.83. The van der Waals surface area contributed by atoms with Gasteiger partial charge in [0, 0.05) is 7.05 Å². The Bertz CT molecular complexity index is 916. The lowest BCUT2D eigenvalue weighted by molar-refractivity contribution is -0.116. The van der Waals surface area contributed by atoms with Crippen LogP contribution in [0.2, 0.25) is 5.02 Å². The number of hydrogen-bond acceptors (Lipinski definition) is 3. The van der Waals surface area contributed by atoms with E-state index in [0.29, 0.717) is 0 Å². The third-order valence-electron chi connectivity index (χ3n) is 3.78. The first kappa shape index (κ1) is 19.4. The molecule has 0 unspecified atom stereocenters. The highest BCUT2D eigenvalue weighted by Crippen LogP contribution is 2.22. The predicted octanol–water partition coefficient (Wildman–Crippen LogP) is 3.36. The summed E-state index contributed by atoms with van der Waals surface area (Å²) in [6.45, 7) is 3.23. The molecule has 0 atom stereocenters. The van der Waals surface area contributed by atoms with Crippen LogP contribution in [0.5, 0.6) is 0 Å². The first-order chi connectivity index (χ1) is 11.6. The van der Waals surface area contributed by atoms with Crippen molar-refractivity contribution >= 4 is 33.2 Å². The number of carbonyl (C=O) groups excluding carboxylic acids is 1. The lowest BCUT2D eigenvalue weighted by Crippen LogP contribution is -2.35. The Morgan fingerprint density at radius 2 is 1.88 bits per heavy atom. The van der Waals surface area contributed by atoms with Crippen molar-refractivity contribution in [2.75, 3.05) is 18.9 Å². The molecule has 0 radical (unpaired) electrons. The van der Waals surface area contributed by atoms with E-state index in [0.717, 1.165) is 15.4 Å². The van der Waals surface area contributed by atoms with Crippen molar-refractivity contribution in [3.63, 3.8) is 0 Å². The highest BCUT2D eigenvalue weighted by atomic mass is 35.5. The summed E-state index contributed by atoms with van der Waals surface area (Å²) in [6.07, 6.45) is 0. The summed E-state index contributed by atoms with van der Waals surface area (Å²) in [5.41, 5.74) is 1.70. The summed E-state index contributed by atoms with van der Waals surface area (Å²) in [5.74, 6) is -1.44. The topological polar surface area (TPSA) is 66.5 Å². The van der Waals surface area contributed by atoms with Gasteiger partial charge in [0.25, 0.3) is 0 Å². The van der Waals surface area contributed by atoms with E-state index in [1.165, 1.54) is 31.3 Å². The molecule has 0 saturated carbocycles. The minimum absolute atomic E-state index is 0.0971. The average molecular weight is 385 g/mol. The zero-order chi connectivity index (χ0) is 18.8. The van der Waals surface area contributed by atoms with Gasteiger partial charge in [-0.25, -0.2) is 12.8 Å². The van der Waals surface area contributed by atoms with Crippen LogP contribution in [0.3, 0.4) is 0 Å². The maximum Gasteiger partial charge on any atom is 0.243 e. The first-order valence-corrected chi connectivity index (χ1v) is 9.22. The number of anilines is 1. The Labute approximate surface area is 151 Å². The molecule has 2 aromatic carbocycles. The normalized spacial score (nSPS) is 11.6. The van der Waals surface area contributed by atoms with Gasteiger partial charge in [-0.1, -0.05) is 23.7 Å². The van der Waals surface area contributed by atoms with Crippen molar-refractivity contribution in [1.82, 2.24) is 4.31 Å². The van der Waals surface area contributed by atoms with E-state index in [1.54, 1.807) is 12.1 Å². The molecule has 0 aliphatic carbocycles. The number of hydrogen-bond donors (Lipinski definition) is 1. The van der Waals surface area contributed by atoms with Gasteiger partial charge < -0.3 is 5.32 Å². The fraction of sp³-hybridized carbons (Fsp3) is 0.235. The third-order valence-corrected chi connectivity index (χ3v) is 5.87. The zero-order valence-corrected chi connectivity index (χ0v) is 15.6. The Kier molecular flexibility index (Phi) is 5.82. The third kappa shape index (κ3) is 4.36. The van der Waals surface area contributed by atoms with Crippen molar-refractivity contribution in [1.29, 1.82) is 0 Å². The quantitative estimate of drug-likeness (QED) is 0.859. The summed E-state index contributed by atoms with van der Waals surface area (Å²) < 4.78 is 39.8. The van der Waals surface area contributed by atoms with Crippen molar-refractivity contribution < 1.29 is 17.6 Å². The molecule has 2 rings (SSSR count). The fourth-order valence-electron chi connectivity index (χ4n) is 2.13. The Morgan fingerprint density at radius 1 is 1.20 bits per heavy atom. The number of carbonyl (C=O) groups is 1. The van der Waals surface area contributed by atoms with Crippen molar-refractivity contribution in [2.45, 2.75) is 18.7 Å². The van der Waals surface area contributed by atoms with E-state index in [2.05, 4.69) is 5.32 Å². The van der Waals surface area contributed by atoms with Gasteiger partial charge in [-0.15, -0.1) is 0 Å². The van der Waals surface area contributed by atoms with Crippen molar-refractivity contribution in [3.05, 3.63) is 58.4 Å². The molecule has 0 aromatic heterocycles. The second-order valence-corrected chi connectivity index (χ2v) is 8.11. The molecular formula is C17H18ClFN2O3S. The number of likely N-dealkylation sites (N-methyl/N-ethyl adjacent to an activating group) is 1. The molecule has 8 heteroatoms. The monoisotopic (exact) mass is 384 g/mol. The lowest BCUT2D eigenvalue weighted by atomic mass is 10.1. The average Bonchev–Trinajstić information content (AvgIpc) is 2.54. The van der Waals surface area contributed by atoms with Gasteiger partial charge in [0.2, 0.25) is 15.9 Å². The molecule has 2 aromatic rings. The maximum atomic E-state index is 13.8. The molecule has 134 valence electrons. The van der Waals surface area contributed by atoms with E-state index in [-0.39, 0.29) is 15.6 Å². The number of nitrogens with zero attached hydrogens (tertiary/aromatic N) is 1. The van der Waals surface area contributed by atoms with Gasteiger partial charge in [0.15, 0.2) is 5.82 Å². The fourth-order valence-corrected chi connectivity index (χ4v) is 3.52. The Hall–Kier alpha value is -1.96. The summed E-state index contributed by atoms with van der Waals surface area (Å²) in [4.78, 5) is 12.2. The smallest absolute Gasteiger partial charge is 0.243 e. The highest BCUT2D eigenvalue weighted by molar-refractivity contribution is 7.89. The van der Waals surface area contributed by atoms with Crippen LogP contribution in [-0.4, -0.2) is 32.2 Å². The molecule has 0 spiro atoms. The van der Waals surface area contributed by atoms with E-state index < -0.39 is 28.3 Å². The van der Waals surface area contributed by atoms with Gasteiger partial charge in [-0.3, -0.25) is 4.79 Å². The molecule has 1 amide bonds. The number of benzene rings is 2. The van der Waals surface area contributed by atoms with Gasteiger partial charge in [-0.05, 0) is 49.2 Å². The summed E-state index contributed by atoms with van der Waals surface area (Å²) in [5, 5.41) is 2.19. The first-order valence-electron chi connectivity index (χ1n) is 7.40. The van der Waals surface area contributed by atoms with E-state index in [9.17, 15) is 17.6 Å². The van der Waals surface area contributed by atoms with Gasteiger partial charge >= 0.3 is 0 Å². The summed E-state index contributed by atoms with van der Waals surface area (Å²) in [7, 11) is -2.54. The molecular weight excluding hydrogens is 367 g/mol. The largest absolute Gasteiger partial charge is 0.322 e. The molecule has 25 heavy (non-hydrogen) atoms. The number of nitrogens with one attached hydrogen (secondary N) is 1. The zero-order valence-electron chi connectivity index (χ0n) is 14.0. The summed E-state index contributed by atoms with van der Waals surface area (Å²) >= 11 is 5.65. The molecule has 0 saturated heterocycles. The van der Waals surface area contributed by atoms with E-state index in [1.807, 2.05) is 13.8 Å². The van der Waals surface area contributed by atoms with Crippen LogP contribution < -0.4 is 5.32 Å². The SMILES string of the molecule is Cc1ccc(S(=O)(=O)N(C)CC(=O)Nc2cccc(Cl)c2F)cc1C. The molecule has 5 nitrogen and oxygen atoms in total. The molecule has 0 heterocycles. The van der Waals surface area contributed by atoms with Crippen LogP contribution in [0.15, 0.2) is 41.3 Å². The molecule has 0 fully saturated rings. The maximum absolute atomic E-state index is 13.8. The second kappa shape index (κ2) is 7.51. The van der Waals surface area contributed by atoms with Crippen LogP contribution in [-0.2, 0) is 14.8 Å². The van der Waals surface area contributed by atoms with Crippen LogP contribution in [0.25, 0.3) is 0 Å². The van der Waals surface area contributed by atoms with Crippen molar-refractivity contribution in [3.8, 4) is 0 Å². The van der Waals surface area contributed by atoms with Crippen molar-refractivity contribution in [2.24, 2.45) is 0 Å². The predicted molar refractivity (Wildman–Crippen MR) is 95.8 cm³/mol. The van der Waals surface area contributed by atoms with E-state index in [4.69, 9.17) is 11.6 Å². The molecule has 0 aliphatic heterocycles. The van der Waals surface area contributed by atoms with Gasteiger partial charge in [0.05, 0.1) is 22.2 Å². The minimum Gasteiger partial charge on any atom is -0.322 e. The number of aryl methyl sites for hydroxylation is 2. The molecule has 0 bridgehead atoms. The van der Waals surface area contributed by atoms with Gasteiger partial charge in [-0.2, -0.15) is 4.31 Å². The van der Waals surface area contributed by atoms with E-state index >= 15 is 0 Å². The second-order valence-electron chi connectivity index (χ2n) is 5.66.